The quantitative estimate of drug-likeness (QED) is 0.842. The van der Waals surface area contributed by atoms with E-state index in [2.05, 4.69) is 18.6 Å². The number of amides is 2. The van der Waals surface area contributed by atoms with Crippen molar-refractivity contribution in [3.05, 3.63) is 24.3 Å². The molecule has 1 heterocycles. The normalized spacial score (nSPS) is 28.4. The number of fused-ring (bicyclic) bond motifs is 1. The molecule has 1 saturated carbocycles. The van der Waals surface area contributed by atoms with Gasteiger partial charge < -0.3 is 20.1 Å². The molecular formula is C18H21F3N2O4. The summed E-state index contributed by atoms with van der Waals surface area (Å²) < 4.78 is 45.6. The molecule has 1 saturated heterocycles. The number of nitrogens with zero attached hydrogens (tertiary/aromatic N) is 1. The largest absolute Gasteiger partial charge is 0.573 e. The molecule has 2 fully saturated rings. The lowest BCUT2D eigenvalue weighted by atomic mass is 9.89. The third kappa shape index (κ3) is 3.19. The summed E-state index contributed by atoms with van der Waals surface area (Å²) in [7, 11) is 0. The van der Waals surface area contributed by atoms with Gasteiger partial charge in [0.15, 0.2) is 6.61 Å². The number of halogens is 3. The van der Waals surface area contributed by atoms with Crippen LogP contribution in [0.2, 0.25) is 0 Å². The second-order valence-electron chi connectivity index (χ2n) is 7.72. The van der Waals surface area contributed by atoms with Gasteiger partial charge in [-0.15, -0.1) is 13.2 Å². The van der Waals surface area contributed by atoms with Crippen molar-refractivity contribution in [2.75, 3.05) is 13.2 Å². The van der Waals surface area contributed by atoms with E-state index in [1.165, 1.54) is 17.0 Å². The molecule has 6 nitrogen and oxygen atoms in total. The molecule has 0 spiro atoms. The lowest BCUT2D eigenvalue weighted by Gasteiger charge is -2.32. The highest BCUT2D eigenvalue weighted by Crippen LogP contribution is 2.74. The van der Waals surface area contributed by atoms with Crippen LogP contribution < -0.4 is 15.2 Å². The first-order valence-corrected chi connectivity index (χ1v) is 8.45. The van der Waals surface area contributed by atoms with Crippen LogP contribution in [0.5, 0.6) is 11.5 Å². The number of carbonyl (C=O) groups is 2. The fourth-order valence-electron chi connectivity index (χ4n) is 4.38. The number of carbonyl (C=O) groups excluding carboxylic acids is 2. The maximum absolute atomic E-state index is 12.5. The van der Waals surface area contributed by atoms with Gasteiger partial charge in [-0.05, 0) is 35.6 Å². The van der Waals surface area contributed by atoms with Gasteiger partial charge >= 0.3 is 6.36 Å². The smallest absolute Gasteiger partial charge is 0.484 e. The maximum atomic E-state index is 12.5. The first-order chi connectivity index (χ1) is 12.4. The lowest BCUT2D eigenvalue weighted by molar-refractivity contribution is -0.274. The third-order valence-electron chi connectivity index (χ3n) is 6.17. The van der Waals surface area contributed by atoms with Crippen molar-refractivity contribution in [1.29, 1.82) is 0 Å². The molecule has 27 heavy (non-hydrogen) atoms. The van der Waals surface area contributed by atoms with Crippen molar-refractivity contribution in [2.24, 2.45) is 22.5 Å². The molecule has 1 aliphatic carbocycles. The molecule has 1 aromatic carbocycles. The van der Waals surface area contributed by atoms with Crippen LogP contribution in [0, 0.1) is 16.7 Å². The monoisotopic (exact) mass is 386 g/mol. The minimum Gasteiger partial charge on any atom is -0.484 e. The number of piperidine rings is 1. The second-order valence-corrected chi connectivity index (χ2v) is 7.72. The van der Waals surface area contributed by atoms with Crippen molar-refractivity contribution in [2.45, 2.75) is 33.2 Å². The number of ether oxygens (including phenoxy) is 2. The van der Waals surface area contributed by atoms with Gasteiger partial charge in [0, 0.05) is 12.0 Å². The Labute approximate surface area is 154 Å². The molecule has 9 heteroatoms. The van der Waals surface area contributed by atoms with Crippen LogP contribution in [0.1, 0.15) is 20.8 Å². The Kier molecular flexibility index (Phi) is 4.32. The number of primary amides is 1. The average molecular weight is 386 g/mol. The van der Waals surface area contributed by atoms with Gasteiger partial charge in [-0.3, -0.25) is 9.59 Å². The van der Waals surface area contributed by atoms with E-state index in [1.807, 2.05) is 6.92 Å². The molecule has 3 atom stereocenters. The Morgan fingerprint density at radius 3 is 2.26 bits per heavy atom. The summed E-state index contributed by atoms with van der Waals surface area (Å²) in [5.74, 6) is -0.925. The minimum absolute atomic E-state index is 0.0708. The standard InChI is InChI=1S/C18H21F3N2O4/c1-16(2)12-8-23(14(15(22)25)17(12,16)3)13(24)9-26-10-4-6-11(7-5-10)27-18(19,20)21/h4-7,12,14H,8-9H2,1-3H3,(H2,22,25)/t12-,14+,17-/m0/s1. The van der Waals surface area contributed by atoms with Gasteiger partial charge in [0.05, 0.1) is 0 Å². The first-order valence-electron chi connectivity index (χ1n) is 8.45. The molecule has 0 bridgehead atoms. The number of alkyl halides is 3. The molecule has 3 rings (SSSR count). The Bertz CT molecular complexity index is 763. The van der Waals surface area contributed by atoms with E-state index in [0.29, 0.717) is 6.54 Å². The topological polar surface area (TPSA) is 81.9 Å². The summed E-state index contributed by atoms with van der Waals surface area (Å²) in [6, 6.07) is 4.02. The highest BCUT2D eigenvalue weighted by Gasteiger charge is 2.77. The summed E-state index contributed by atoms with van der Waals surface area (Å²) >= 11 is 0. The SMILES string of the molecule is CC1(C)[C@@H]2CN(C(=O)COc3ccc(OC(F)(F)F)cc3)[C@H](C(N)=O)[C@]21C. The van der Waals surface area contributed by atoms with E-state index in [0.717, 1.165) is 12.1 Å². The van der Waals surface area contributed by atoms with E-state index >= 15 is 0 Å². The Balaban J connectivity index is 1.61. The van der Waals surface area contributed by atoms with Gasteiger partial charge in [-0.25, -0.2) is 0 Å². The molecule has 0 unspecified atom stereocenters. The van der Waals surface area contributed by atoms with Crippen LogP contribution >= 0.6 is 0 Å². The van der Waals surface area contributed by atoms with Gasteiger partial charge in [0.1, 0.15) is 17.5 Å². The minimum atomic E-state index is -4.78. The summed E-state index contributed by atoms with van der Waals surface area (Å²) in [6.45, 7) is 6.15. The molecule has 2 aliphatic rings. The Hall–Kier alpha value is -2.45. The Morgan fingerprint density at radius 2 is 1.74 bits per heavy atom. The number of benzene rings is 1. The summed E-state index contributed by atoms with van der Waals surface area (Å²) in [6.07, 6.45) is -4.78. The molecule has 2 N–H and O–H groups in total. The predicted octanol–water partition coefficient (Wildman–Crippen LogP) is 2.32. The van der Waals surface area contributed by atoms with Crippen LogP contribution in [-0.2, 0) is 9.59 Å². The second kappa shape index (κ2) is 6.03. The molecule has 148 valence electrons. The van der Waals surface area contributed by atoms with Crippen LogP contribution in [0.15, 0.2) is 24.3 Å². The van der Waals surface area contributed by atoms with Gasteiger partial charge in [-0.2, -0.15) is 0 Å². The molecule has 0 aromatic heterocycles. The molecule has 2 amide bonds. The lowest BCUT2D eigenvalue weighted by Crippen LogP contribution is -2.52. The van der Waals surface area contributed by atoms with E-state index in [1.54, 1.807) is 0 Å². The third-order valence-corrected chi connectivity index (χ3v) is 6.17. The zero-order valence-electron chi connectivity index (χ0n) is 15.2. The molecule has 1 aliphatic heterocycles. The van der Waals surface area contributed by atoms with Crippen LogP contribution in [0.4, 0.5) is 13.2 Å². The number of nitrogens with two attached hydrogens (primary N) is 1. The van der Waals surface area contributed by atoms with Crippen LogP contribution in [0.25, 0.3) is 0 Å². The number of hydrogen-bond acceptors (Lipinski definition) is 4. The number of hydrogen-bond donors (Lipinski definition) is 1. The zero-order valence-corrected chi connectivity index (χ0v) is 15.2. The first kappa shape index (κ1) is 19.3. The van der Waals surface area contributed by atoms with Crippen molar-refractivity contribution in [3.63, 3.8) is 0 Å². The summed E-state index contributed by atoms with van der Waals surface area (Å²) in [5.41, 5.74) is 5.12. The number of likely N-dealkylation sites (tertiary alicyclic amines) is 1. The highest BCUT2D eigenvalue weighted by molar-refractivity contribution is 5.90. The summed E-state index contributed by atoms with van der Waals surface area (Å²) in [5, 5.41) is 0. The van der Waals surface area contributed by atoms with E-state index < -0.39 is 24.2 Å². The average Bonchev–Trinajstić information content (AvgIpc) is 2.84. The molecule has 1 aromatic rings. The van der Waals surface area contributed by atoms with Gasteiger partial charge in [0.25, 0.3) is 5.91 Å². The predicted molar refractivity (Wildman–Crippen MR) is 88.7 cm³/mol. The molecule has 0 radical (unpaired) electrons. The molecular weight excluding hydrogens is 365 g/mol. The zero-order chi connectivity index (χ0) is 20.2. The fourth-order valence-corrected chi connectivity index (χ4v) is 4.38. The number of rotatable bonds is 5. The van der Waals surface area contributed by atoms with Crippen LogP contribution in [-0.4, -0.2) is 42.3 Å². The fraction of sp³-hybridized carbons (Fsp3) is 0.556. The van der Waals surface area contributed by atoms with Crippen molar-refractivity contribution in [1.82, 2.24) is 4.90 Å². The van der Waals surface area contributed by atoms with E-state index in [-0.39, 0.29) is 34.9 Å². The van der Waals surface area contributed by atoms with Gasteiger partial charge in [-0.1, -0.05) is 20.8 Å². The van der Waals surface area contributed by atoms with Crippen molar-refractivity contribution >= 4 is 11.8 Å². The Morgan fingerprint density at radius 1 is 1.19 bits per heavy atom. The van der Waals surface area contributed by atoms with Crippen molar-refractivity contribution < 1.29 is 32.2 Å². The van der Waals surface area contributed by atoms with E-state index in [9.17, 15) is 22.8 Å². The van der Waals surface area contributed by atoms with Gasteiger partial charge in [0.2, 0.25) is 5.91 Å². The van der Waals surface area contributed by atoms with E-state index in [4.69, 9.17) is 10.5 Å². The van der Waals surface area contributed by atoms with Crippen molar-refractivity contribution in [3.8, 4) is 11.5 Å². The van der Waals surface area contributed by atoms with Crippen LogP contribution in [0.3, 0.4) is 0 Å². The highest BCUT2D eigenvalue weighted by atomic mass is 19.4. The maximum Gasteiger partial charge on any atom is 0.573 e. The summed E-state index contributed by atoms with van der Waals surface area (Å²) in [4.78, 5) is 25.9.